The molecular formula is C34H27F2N3O5. The van der Waals surface area contributed by atoms with Crippen LogP contribution in [0.3, 0.4) is 0 Å². The van der Waals surface area contributed by atoms with Crippen molar-refractivity contribution in [2.75, 3.05) is 14.2 Å². The van der Waals surface area contributed by atoms with Crippen molar-refractivity contribution in [2.45, 2.75) is 26.2 Å². The van der Waals surface area contributed by atoms with Gasteiger partial charge in [0.1, 0.15) is 22.8 Å². The second-order valence-corrected chi connectivity index (χ2v) is 10.2. The van der Waals surface area contributed by atoms with Gasteiger partial charge in [0, 0.05) is 24.1 Å². The van der Waals surface area contributed by atoms with Gasteiger partial charge < -0.3 is 19.1 Å². The van der Waals surface area contributed by atoms with Crippen LogP contribution in [0.1, 0.15) is 41.3 Å². The van der Waals surface area contributed by atoms with Gasteiger partial charge in [-0.1, -0.05) is 26.5 Å². The lowest BCUT2D eigenvalue weighted by atomic mass is 9.97. The predicted octanol–water partition coefficient (Wildman–Crippen LogP) is 7.57. The molecule has 5 aromatic rings. The van der Waals surface area contributed by atoms with Gasteiger partial charge in [0.15, 0.2) is 28.8 Å². The first kappa shape index (κ1) is 29.9. The number of aromatic nitrogens is 2. The predicted molar refractivity (Wildman–Crippen MR) is 162 cm³/mol. The zero-order valence-electron chi connectivity index (χ0n) is 24.4. The standard InChI is InChI=1S/C34H27F2N3O5/c1-19(2)23-16-25(34(41)39(33(23)37-3)22-9-7-21(35)8-10-22)28(40)15-20-6-11-30(26(36)14-20)44-29-12-13-38-27-18-32(43-5)31(42-4)17-24(27)29/h6-14,16-19H,15H2,1-2,4-5H3. The van der Waals surface area contributed by atoms with E-state index >= 15 is 4.39 Å². The van der Waals surface area contributed by atoms with E-state index in [9.17, 15) is 14.0 Å². The summed E-state index contributed by atoms with van der Waals surface area (Å²) in [6.45, 7) is 11.4. The number of pyridine rings is 2. The number of ether oxygens (including phenoxy) is 3. The largest absolute Gasteiger partial charge is 0.493 e. The quantitative estimate of drug-likeness (QED) is 0.129. The fourth-order valence-electron chi connectivity index (χ4n) is 4.87. The van der Waals surface area contributed by atoms with Gasteiger partial charge in [-0.05, 0) is 71.6 Å². The topological polar surface area (TPSA) is 84.0 Å². The number of hydrogen-bond acceptors (Lipinski definition) is 6. The number of methoxy groups -OCH3 is 2. The minimum atomic E-state index is -0.714. The van der Waals surface area contributed by atoms with Crippen LogP contribution >= 0.6 is 0 Å². The van der Waals surface area contributed by atoms with E-state index in [1.807, 2.05) is 13.8 Å². The van der Waals surface area contributed by atoms with Crippen LogP contribution in [0.5, 0.6) is 23.0 Å². The molecule has 222 valence electrons. The molecule has 0 fully saturated rings. The molecule has 0 bridgehead atoms. The van der Waals surface area contributed by atoms with Crippen LogP contribution in [0, 0.1) is 18.2 Å². The first-order chi connectivity index (χ1) is 21.1. The Morgan fingerprint density at radius 1 is 0.932 bits per heavy atom. The van der Waals surface area contributed by atoms with E-state index in [2.05, 4.69) is 9.83 Å². The number of nitrogens with zero attached hydrogens (tertiary/aromatic N) is 3. The summed E-state index contributed by atoms with van der Waals surface area (Å²) in [6, 6.07) is 15.6. The van der Waals surface area contributed by atoms with E-state index < -0.39 is 23.0 Å². The van der Waals surface area contributed by atoms with Crippen molar-refractivity contribution in [1.29, 1.82) is 0 Å². The van der Waals surface area contributed by atoms with Gasteiger partial charge in [-0.25, -0.2) is 18.1 Å². The highest BCUT2D eigenvalue weighted by Gasteiger charge is 2.24. The van der Waals surface area contributed by atoms with Crippen molar-refractivity contribution in [1.82, 2.24) is 9.55 Å². The minimum Gasteiger partial charge on any atom is -0.493 e. The molecule has 2 heterocycles. The molecule has 0 amide bonds. The molecule has 0 radical (unpaired) electrons. The Labute approximate surface area is 251 Å². The van der Waals surface area contributed by atoms with Crippen LogP contribution < -0.4 is 19.8 Å². The molecule has 0 spiro atoms. The summed E-state index contributed by atoms with van der Waals surface area (Å²) in [5.41, 5.74) is 0.748. The highest BCUT2D eigenvalue weighted by atomic mass is 19.1. The van der Waals surface area contributed by atoms with Gasteiger partial charge in [-0.2, -0.15) is 0 Å². The molecule has 2 aromatic heterocycles. The van der Waals surface area contributed by atoms with Gasteiger partial charge in [0.2, 0.25) is 5.82 Å². The van der Waals surface area contributed by atoms with Crippen molar-refractivity contribution in [3.8, 4) is 28.7 Å². The van der Waals surface area contributed by atoms with Crippen molar-refractivity contribution in [3.05, 3.63) is 123 Å². The maximum absolute atomic E-state index is 15.3. The van der Waals surface area contributed by atoms with E-state index in [0.717, 1.165) is 4.57 Å². The highest BCUT2D eigenvalue weighted by molar-refractivity contribution is 5.98. The van der Waals surface area contributed by atoms with E-state index in [0.29, 0.717) is 39.3 Å². The normalized spacial score (nSPS) is 11.0. The lowest BCUT2D eigenvalue weighted by Gasteiger charge is -2.16. The Balaban J connectivity index is 1.47. The highest BCUT2D eigenvalue weighted by Crippen LogP contribution is 2.37. The number of carbonyl (C=O) groups is 1. The molecule has 5 rings (SSSR count). The van der Waals surface area contributed by atoms with Crippen molar-refractivity contribution >= 4 is 22.5 Å². The fourth-order valence-corrected chi connectivity index (χ4v) is 4.87. The molecule has 0 aliphatic carbocycles. The Bertz CT molecular complexity index is 2000. The fraction of sp³-hybridized carbons (Fsp3) is 0.176. The molecule has 0 aliphatic rings. The van der Waals surface area contributed by atoms with Crippen molar-refractivity contribution < 1.29 is 27.8 Å². The third-order valence-corrected chi connectivity index (χ3v) is 7.10. The number of hydrogen-bond donors (Lipinski definition) is 0. The lowest BCUT2D eigenvalue weighted by molar-refractivity contribution is 0.0991. The Hall–Kier alpha value is -5.56. The number of Topliss-reactive ketones (excluding diaryl/α,β-unsaturated/α-hetero) is 1. The molecule has 0 N–H and O–H groups in total. The van der Waals surface area contributed by atoms with E-state index in [1.165, 1.54) is 62.9 Å². The van der Waals surface area contributed by atoms with E-state index in [-0.39, 0.29) is 35.2 Å². The third-order valence-electron chi connectivity index (χ3n) is 7.10. The average Bonchev–Trinajstić information content (AvgIpc) is 3.01. The maximum atomic E-state index is 15.3. The van der Waals surface area contributed by atoms with Crippen molar-refractivity contribution in [2.24, 2.45) is 0 Å². The van der Waals surface area contributed by atoms with Gasteiger partial charge in [0.05, 0.1) is 19.7 Å². The minimum absolute atomic E-state index is 0.0420. The SMILES string of the molecule is [C-]#[N+]c1c(C(C)C)cc(C(=O)Cc2ccc(Oc3ccnc4cc(OC)c(OC)cc34)c(F)c2)c(=O)n1-c1ccc(F)cc1. The van der Waals surface area contributed by atoms with Gasteiger partial charge >= 0.3 is 5.56 Å². The molecule has 0 atom stereocenters. The summed E-state index contributed by atoms with van der Waals surface area (Å²) in [6.07, 6.45) is 1.25. The number of ketones is 1. The summed E-state index contributed by atoms with van der Waals surface area (Å²) in [5.74, 6) is -0.734. The molecule has 3 aromatic carbocycles. The van der Waals surface area contributed by atoms with Crippen LogP contribution in [0.25, 0.3) is 21.4 Å². The molecule has 0 unspecified atom stereocenters. The lowest BCUT2D eigenvalue weighted by Crippen LogP contribution is -2.27. The Morgan fingerprint density at radius 3 is 2.27 bits per heavy atom. The molecule has 0 aliphatic heterocycles. The Morgan fingerprint density at radius 2 is 1.64 bits per heavy atom. The summed E-state index contributed by atoms with van der Waals surface area (Å²) >= 11 is 0. The first-order valence-electron chi connectivity index (χ1n) is 13.6. The van der Waals surface area contributed by atoms with E-state index in [4.69, 9.17) is 20.8 Å². The zero-order chi connectivity index (χ0) is 31.5. The number of halogens is 2. The second kappa shape index (κ2) is 12.4. The van der Waals surface area contributed by atoms with Gasteiger partial charge in [-0.15, -0.1) is 0 Å². The molecular weight excluding hydrogens is 568 g/mol. The summed E-state index contributed by atoms with van der Waals surface area (Å²) in [7, 11) is 3.01. The van der Waals surface area contributed by atoms with Crippen molar-refractivity contribution in [3.63, 3.8) is 0 Å². The zero-order valence-corrected chi connectivity index (χ0v) is 24.4. The third kappa shape index (κ3) is 5.72. The molecule has 44 heavy (non-hydrogen) atoms. The van der Waals surface area contributed by atoms with Gasteiger partial charge in [-0.3, -0.25) is 9.78 Å². The number of fused-ring (bicyclic) bond motifs is 1. The first-order valence-corrected chi connectivity index (χ1v) is 13.6. The van der Waals surface area contributed by atoms with Crippen LogP contribution in [-0.4, -0.2) is 29.6 Å². The van der Waals surface area contributed by atoms with E-state index in [1.54, 1.807) is 24.3 Å². The average molecular weight is 596 g/mol. The van der Waals surface area contributed by atoms with Crippen LogP contribution in [0.15, 0.2) is 77.7 Å². The Kier molecular flexibility index (Phi) is 8.40. The number of rotatable bonds is 9. The summed E-state index contributed by atoms with van der Waals surface area (Å²) < 4.78 is 46.6. The molecule has 0 saturated heterocycles. The summed E-state index contributed by atoms with van der Waals surface area (Å²) in [5, 5.41) is 0.574. The second-order valence-electron chi connectivity index (χ2n) is 10.2. The van der Waals surface area contributed by atoms with Crippen LogP contribution in [0.4, 0.5) is 14.6 Å². The molecule has 0 saturated carbocycles. The van der Waals surface area contributed by atoms with Crippen LogP contribution in [-0.2, 0) is 6.42 Å². The number of benzene rings is 3. The smallest absolute Gasteiger partial charge is 0.334 e. The van der Waals surface area contributed by atoms with Gasteiger partial charge in [0.25, 0.3) is 0 Å². The molecule has 8 nitrogen and oxygen atoms in total. The van der Waals surface area contributed by atoms with Crippen LogP contribution in [0.2, 0.25) is 0 Å². The number of carbonyl (C=O) groups excluding carboxylic acids is 1. The maximum Gasteiger partial charge on any atom is 0.334 e. The summed E-state index contributed by atoms with van der Waals surface area (Å²) in [4.78, 5) is 34.9. The molecule has 10 heteroatoms. The monoisotopic (exact) mass is 595 g/mol.